The number of amides is 2. The van der Waals surface area contributed by atoms with E-state index in [-0.39, 0.29) is 18.1 Å². The molecule has 166 valence electrons. The van der Waals surface area contributed by atoms with Crippen LogP contribution >= 0.6 is 0 Å². The van der Waals surface area contributed by atoms with Gasteiger partial charge in [0, 0.05) is 18.7 Å². The molecule has 10 heteroatoms. The van der Waals surface area contributed by atoms with Gasteiger partial charge in [-0.25, -0.2) is 8.42 Å². The minimum atomic E-state index is -3.12. The first-order chi connectivity index (χ1) is 14.2. The maximum absolute atomic E-state index is 12.1. The lowest BCUT2D eigenvalue weighted by Crippen LogP contribution is -2.41. The number of carbonyl (C=O) groups is 3. The van der Waals surface area contributed by atoms with E-state index in [1.54, 1.807) is 24.3 Å². The third-order valence-corrected chi connectivity index (χ3v) is 6.53. The molecule has 1 aliphatic rings. The van der Waals surface area contributed by atoms with Gasteiger partial charge in [-0.15, -0.1) is 0 Å². The van der Waals surface area contributed by atoms with E-state index in [4.69, 9.17) is 9.47 Å². The number of rotatable bonds is 10. The highest BCUT2D eigenvalue weighted by Gasteiger charge is 2.32. The van der Waals surface area contributed by atoms with Gasteiger partial charge in [0.1, 0.15) is 12.3 Å². The van der Waals surface area contributed by atoms with Crippen molar-refractivity contribution in [3.63, 3.8) is 0 Å². The number of nitrogens with one attached hydrogen (secondary N) is 1. The average molecular weight is 441 g/mol. The van der Waals surface area contributed by atoms with E-state index in [2.05, 4.69) is 12.2 Å². The largest absolute Gasteiger partial charge is 0.494 e. The van der Waals surface area contributed by atoms with E-state index < -0.39 is 40.3 Å². The Labute approximate surface area is 176 Å². The van der Waals surface area contributed by atoms with E-state index in [0.717, 1.165) is 12.8 Å². The van der Waals surface area contributed by atoms with Gasteiger partial charge in [-0.1, -0.05) is 13.3 Å². The Bertz CT molecular complexity index is 852. The molecular formula is C20H28N2O7S. The summed E-state index contributed by atoms with van der Waals surface area (Å²) in [5, 5.41) is 2.43. The molecule has 1 atom stereocenters. The number of unbranched alkanes of at least 4 members (excludes halogenated alkanes) is 1. The smallest absolute Gasteiger partial charge is 0.325 e. The van der Waals surface area contributed by atoms with Crippen molar-refractivity contribution in [2.45, 2.75) is 32.2 Å². The van der Waals surface area contributed by atoms with Crippen LogP contribution in [-0.2, 0) is 24.2 Å². The SMILES string of the molecule is CCCCOc1ccc(C(=O)NCC(=O)OCC(=O)N(C)C2CCS(=O)(=O)C2)cc1. The van der Waals surface area contributed by atoms with Crippen molar-refractivity contribution in [3.05, 3.63) is 29.8 Å². The molecule has 1 aliphatic heterocycles. The summed E-state index contributed by atoms with van der Waals surface area (Å²) in [5.74, 6) is -1.07. The fourth-order valence-electron chi connectivity index (χ4n) is 2.87. The molecular weight excluding hydrogens is 412 g/mol. The first-order valence-electron chi connectivity index (χ1n) is 9.84. The van der Waals surface area contributed by atoms with Crippen molar-refractivity contribution in [2.75, 3.05) is 38.3 Å². The Balaban J connectivity index is 1.71. The Kier molecular flexibility index (Phi) is 8.64. The highest BCUT2D eigenvalue weighted by Crippen LogP contribution is 2.16. The number of hydrogen-bond acceptors (Lipinski definition) is 7. The minimum absolute atomic E-state index is 0.0486. The van der Waals surface area contributed by atoms with Gasteiger partial charge in [-0.3, -0.25) is 14.4 Å². The first kappa shape index (κ1) is 23.7. The molecule has 1 unspecified atom stereocenters. The van der Waals surface area contributed by atoms with Gasteiger partial charge in [0.2, 0.25) is 0 Å². The first-order valence-corrected chi connectivity index (χ1v) is 11.7. The van der Waals surface area contributed by atoms with Crippen molar-refractivity contribution in [3.8, 4) is 5.75 Å². The van der Waals surface area contributed by atoms with Crippen LogP contribution in [-0.4, -0.2) is 75.5 Å². The van der Waals surface area contributed by atoms with Crippen LogP contribution in [0.3, 0.4) is 0 Å². The highest BCUT2D eigenvalue weighted by atomic mass is 32.2. The van der Waals surface area contributed by atoms with Crippen LogP contribution in [0.2, 0.25) is 0 Å². The second-order valence-electron chi connectivity index (χ2n) is 7.13. The fraction of sp³-hybridized carbons (Fsp3) is 0.550. The maximum atomic E-state index is 12.1. The van der Waals surface area contributed by atoms with Crippen LogP contribution in [0.5, 0.6) is 5.75 Å². The van der Waals surface area contributed by atoms with E-state index >= 15 is 0 Å². The molecule has 0 bridgehead atoms. The number of benzene rings is 1. The van der Waals surface area contributed by atoms with Crippen LogP contribution in [0.25, 0.3) is 0 Å². The number of hydrogen-bond donors (Lipinski definition) is 1. The second kappa shape index (κ2) is 11.0. The fourth-order valence-corrected chi connectivity index (χ4v) is 4.65. The molecule has 30 heavy (non-hydrogen) atoms. The van der Waals surface area contributed by atoms with Crippen LogP contribution in [0.15, 0.2) is 24.3 Å². The van der Waals surface area contributed by atoms with E-state index in [0.29, 0.717) is 24.3 Å². The van der Waals surface area contributed by atoms with E-state index in [1.165, 1.54) is 11.9 Å². The number of ether oxygens (including phenoxy) is 2. The van der Waals surface area contributed by atoms with Gasteiger partial charge < -0.3 is 19.7 Å². The quantitative estimate of drug-likeness (QED) is 0.422. The molecule has 0 aromatic heterocycles. The Morgan fingerprint density at radius 2 is 1.90 bits per heavy atom. The number of sulfone groups is 1. The predicted molar refractivity (Wildman–Crippen MR) is 110 cm³/mol. The Morgan fingerprint density at radius 1 is 1.20 bits per heavy atom. The monoisotopic (exact) mass is 440 g/mol. The zero-order valence-electron chi connectivity index (χ0n) is 17.3. The van der Waals surface area contributed by atoms with Crippen LogP contribution < -0.4 is 10.1 Å². The molecule has 1 N–H and O–H groups in total. The lowest BCUT2D eigenvalue weighted by molar-refractivity contribution is -0.151. The molecule has 1 aromatic rings. The molecule has 1 aromatic carbocycles. The topological polar surface area (TPSA) is 119 Å². The molecule has 9 nitrogen and oxygen atoms in total. The zero-order chi connectivity index (χ0) is 22.1. The van der Waals surface area contributed by atoms with Gasteiger partial charge in [0.05, 0.1) is 18.1 Å². The molecule has 0 spiro atoms. The summed E-state index contributed by atoms with van der Waals surface area (Å²) in [5.41, 5.74) is 0.365. The zero-order valence-corrected chi connectivity index (χ0v) is 18.1. The van der Waals surface area contributed by atoms with Gasteiger partial charge in [-0.2, -0.15) is 0 Å². The minimum Gasteiger partial charge on any atom is -0.494 e. The van der Waals surface area contributed by atoms with Gasteiger partial charge >= 0.3 is 5.97 Å². The Morgan fingerprint density at radius 3 is 2.50 bits per heavy atom. The standard InChI is InChI=1S/C20H28N2O7S/c1-3-4-10-28-17-7-5-15(6-8-17)20(25)21-12-19(24)29-13-18(23)22(2)16-9-11-30(26,27)14-16/h5-8,16H,3-4,9-14H2,1-2H3,(H,21,25). The predicted octanol–water partition coefficient (Wildman–Crippen LogP) is 0.784. The summed E-state index contributed by atoms with van der Waals surface area (Å²) in [7, 11) is -1.63. The maximum Gasteiger partial charge on any atom is 0.325 e. The van der Waals surface area contributed by atoms with Crippen molar-refractivity contribution in [1.29, 1.82) is 0 Å². The summed E-state index contributed by atoms with van der Waals surface area (Å²) in [4.78, 5) is 37.3. The summed E-state index contributed by atoms with van der Waals surface area (Å²) < 4.78 is 33.4. The summed E-state index contributed by atoms with van der Waals surface area (Å²) in [6.07, 6.45) is 2.35. The molecule has 0 radical (unpaired) electrons. The lowest BCUT2D eigenvalue weighted by Gasteiger charge is -2.23. The van der Waals surface area contributed by atoms with Crippen molar-refractivity contribution in [1.82, 2.24) is 10.2 Å². The lowest BCUT2D eigenvalue weighted by atomic mass is 10.2. The van der Waals surface area contributed by atoms with E-state index in [1.807, 2.05) is 0 Å². The van der Waals surface area contributed by atoms with Crippen molar-refractivity contribution >= 4 is 27.6 Å². The molecule has 1 saturated heterocycles. The van der Waals surface area contributed by atoms with Gasteiger partial charge in [0.25, 0.3) is 11.8 Å². The second-order valence-corrected chi connectivity index (χ2v) is 9.36. The third-order valence-electron chi connectivity index (χ3n) is 4.78. The number of carbonyl (C=O) groups excluding carboxylic acids is 3. The van der Waals surface area contributed by atoms with Crippen LogP contribution in [0.1, 0.15) is 36.5 Å². The number of likely N-dealkylation sites (N-methyl/N-ethyl adjacent to an activating group) is 1. The normalized spacial score (nSPS) is 17.2. The van der Waals surface area contributed by atoms with Gasteiger partial charge in [-0.05, 0) is 37.1 Å². The van der Waals surface area contributed by atoms with Crippen LogP contribution in [0, 0.1) is 0 Å². The molecule has 0 aliphatic carbocycles. The average Bonchev–Trinajstić information content (AvgIpc) is 3.10. The van der Waals surface area contributed by atoms with Gasteiger partial charge in [0.15, 0.2) is 16.4 Å². The summed E-state index contributed by atoms with van der Waals surface area (Å²) in [6.45, 7) is 1.78. The molecule has 1 fully saturated rings. The molecule has 2 amide bonds. The van der Waals surface area contributed by atoms with E-state index in [9.17, 15) is 22.8 Å². The molecule has 1 heterocycles. The third kappa shape index (κ3) is 7.33. The number of nitrogens with zero attached hydrogens (tertiary/aromatic N) is 1. The van der Waals surface area contributed by atoms with Crippen molar-refractivity contribution in [2.24, 2.45) is 0 Å². The van der Waals surface area contributed by atoms with Crippen molar-refractivity contribution < 1.29 is 32.3 Å². The summed E-state index contributed by atoms with van der Waals surface area (Å²) >= 11 is 0. The van der Waals surface area contributed by atoms with Crippen LogP contribution in [0.4, 0.5) is 0 Å². The highest BCUT2D eigenvalue weighted by molar-refractivity contribution is 7.91. The Hall–Kier alpha value is -2.62. The molecule has 2 rings (SSSR count). The number of esters is 1. The molecule has 0 saturated carbocycles. The summed E-state index contributed by atoms with van der Waals surface area (Å²) in [6, 6.07) is 6.14.